The molecule has 0 saturated carbocycles. The molecule has 2 atom stereocenters. The van der Waals surface area contributed by atoms with Gasteiger partial charge in [0.1, 0.15) is 6.61 Å². The van der Waals surface area contributed by atoms with Crippen molar-refractivity contribution >= 4 is 6.09 Å². The molecule has 2 heterocycles. The van der Waals surface area contributed by atoms with Crippen LogP contribution < -0.4 is 0 Å². The molecule has 2 aliphatic heterocycles. The minimum absolute atomic E-state index is 0.0391. The highest BCUT2D eigenvalue weighted by atomic mass is 16.6. The molecule has 1 amide bonds. The van der Waals surface area contributed by atoms with Crippen LogP contribution in [0.15, 0.2) is 54.6 Å². The van der Waals surface area contributed by atoms with E-state index >= 15 is 0 Å². The van der Waals surface area contributed by atoms with Gasteiger partial charge in [0, 0.05) is 24.9 Å². The summed E-state index contributed by atoms with van der Waals surface area (Å²) in [5.41, 5.74) is 1.25. The lowest BCUT2D eigenvalue weighted by atomic mass is 9.80. The first-order valence-electron chi connectivity index (χ1n) is 9.31. The molecule has 2 aromatic carbocycles. The Morgan fingerprint density at radius 2 is 1.85 bits per heavy atom. The Morgan fingerprint density at radius 3 is 2.52 bits per heavy atom. The molecule has 2 bridgehead atoms. The zero-order chi connectivity index (χ0) is 18.9. The number of amides is 1. The van der Waals surface area contributed by atoms with E-state index in [4.69, 9.17) is 10.00 Å². The third-order valence-corrected chi connectivity index (χ3v) is 5.71. The number of nitriles is 1. The van der Waals surface area contributed by atoms with Gasteiger partial charge in [0.15, 0.2) is 0 Å². The number of aliphatic hydroxyl groups is 1. The minimum Gasteiger partial charge on any atom is -0.445 e. The maximum atomic E-state index is 12.7. The van der Waals surface area contributed by atoms with Crippen molar-refractivity contribution in [3.05, 3.63) is 71.3 Å². The molecule has 2 saturated heterocycles. The number of hydrogen-bond acceptors (Lipinski definition) is 4. The Kier molecular flexibility index (Phi) is 4.59. The predicted octanol–water partition coefficient (Wildman–Crippen LogP) is 3.71. The smallest absolute Gasteiger partial charge is 0.410 e. The molecule has 2 aromatic rings. The number of rotatable bonds is 3. The first-order chi connectivity index (χ1) is 13.1. The normalized spacial score (nSPS) is 26.4. The van der Waals surface area contributed by atoms with Crippen LogP contribution in [0.4, 0.5) is 4.79 Å². The molecule has 27 heavy (non-hydrogen) atoms. The standard InChI is InChI=1S/C22H22N2O3/c23-14-17-7-4-8-18(11-17)22(26)12-19-9-10-20(13-22)24(19)21(25)27-15-16-5-2-1-3-6-16/h1-8,11,19-20,26H,9-10,12-13,15H2. The molecule has 0 aliphatic carbocycles. The van der Waals surface area contributed by atoms with Crippen LogP contribution in [0.25, 0.3) is 0 Å². The second-order valence-electron chi connectivity index (χ2n) is 7.46. The molecular weight excluding hydrogens is 340 g/mol. The monoisotopic (exact) mass is 362 g/mol. The number of hydrogen-bond donors (Lipinski definition) is 1. The van der Waals surface area contributed by atoms with E-state index in [1.54, 1.807) is 18.2 Å². The Labute approximate surface area is 158 Å². The molecule has 4 rings (SSSR count). The van der Waals surface area contributed by atoms with Gasteiger partial charge < -0.3 is 14.7 Å². The van der Waals surface area contributed by atoms with Gasteiger partial charge in [0.25, 0.3) is 0 Å². The molecule has 5 heteroatoms. The molecule has 1 N–H and O–H groups in total. The lowest BCUT2D eigenvalue weighted by molar-refractivity contribution is -0.0537. The molecular formula is C22H22N2O3. The molecule has 0 spiro atoms. The number of ether oxygens (including phenoxy) is 1. The average molecular weight is 362 g/mol. The first-order valence-corrected chi connectivity index (χ1v) is 9.31. The number of fused-ring (bicyclic) bond motifs is 2. The van der Waals surface area contributed by atoms with Crippen LogP contribution in [0.5, 0.6) is 0 Å². The van der Waals surface area contributed by atoms with Gasteiger partial charge in [0.05, 0.1) is 17.2 Å². The molecule has 5 nitrogen and oxygen atoms in total. The average Bonchev–Trinajstić information content (AvgIpc) is 2.99. The van der Waals surface area contributed by atoms with Gasteiger partial charge in [-0.3, -0.25) is 0 Å². The maximum Gasteiger partial charge on any atom is 0.410 e. The van der Waals surface area contributed by atoms with E-state index in [1.807, 2.05) is 41.3 Å². The van der Waals surface area contributed by atoms with Crippen molar-refractivity contribution in [2.45, 2.75) is 50.0 Å². The number of nitrogens with zero attached hydrogens (tertiary/aromatic N) is 2. The molecule has 138 valence electrons. The summed E-state index contributed by atoms with van der Waals surface area (Å²) < 4.78 is 5.52. The second-order valence-corrected chi connectivity index (χ2v) is 7.46. The van der Waals surface area contributed by atoms with E-state index in [0.29, 0.717) is 18.4 Å². The van der Waals surface area contributed by atoms with Gasteiger partial charge in [-0.25, -0.2) is 4.79 Å². The number of benzene rings is 2. The summed E-state index contributed by atoms with van der Waals surface area (Å²) in [4.78, 5) is 14.5. The van der Waals surface area contributed by atoms with E-state index in [9.17, 15) is 9.90 Å². The lowest BCUT2D eigenvalue weighted by Gasteiger charge is -2.43. The van der Waals surface area contributed by atoms with E-state index in [0.717, 1.165) is 24.0 Å². The van der Waals surface area contributed by atoms with E-state index in [2.05, 4.69) is 6.07 Å². The van der Waals surface area contributed by atoms with Gasteiger partial charge in [0.2, 0.25) is 0 Å². The summed E-state index contributed by atoms with van der Waals surface area (Å²) in [6.45, 7) is 0.254. The summed E-state index contributed by atoms with van der Waals surface area (Å²) in [5, 5.41) is 20.4. The largest absolute Gasteiger partial charge is 0.445 e. The summed E-state index contributed by atoms with van der Waals surface area (Å²) in [7, 11) is 0. The summed E-state index contributed by atoms with van der Waals surface area (Å²) in [6.07, 6.45) is 2.37. The highest BCUT2D eigenvalue weighted by molar-refractivity contribution is 5.69. The zero-order valence-electron chi connectivity index (χ0n) is 15.0. The number of carbonyl (C=O) groups is 1. The van der Waals surface area contributed by atoms with Crippen molar-refractivity contribution in [1.29, 1.82) is 5.26 Å². The molecule has 2 unspecified atom stereocenters. The highest BCUT2D eigenvalue weighted by Crippen LogP contribution is 2.46. The Morgan fingerprint density at radius 1 is 1.15 bits per heavy atom. The fraction of sp³-hybridized carbons (Fsp3) is 0.364. The van der Waals surface area contributed by atoms with Crippen molar-refractivity contribution in [2.75, 3.05) is 0 Å². The van der Waals surface area contributed by atoms with Crippen LogP contribution in [0.1, 0.15) is 42.4 Å². The molecule has 2 aliphatic rings. The van der Waals surface area contributed by atoms with Gasteiger partial charge >= 0.3 is 6.09 Å². The van der Waals surface area contributed by atoms with Crippen molar-refractivity contribution in [2.24, 2.45) is 0 Å². The van der Waals surface area contributed by atoms with Crippen LogP contribution in [-0.4, -0.2) is 28.2 Å². The van der Waals surface area contributed by atoms with Gasteiger partial charge in [-0.05, 0) is 36.1 Å². The fourth-order valence-corrected chi connectivity index (χ4v) is 4.43. The number of carbonyl (C=O) groups excluding carboxylic acids is 1. The number of piperidine rings is 1. The lowest BCUT2D eigenvalue weighted by Crippen LogP contribution is -2.52. The van der Waals surface area contributed by atoms with E-state index in [-0.39, 0.29) is 24.8 Å². The van der Waals surface area contributed by atoms with Crippen LogP contribution in [0, 0.1) is 11.3 Å². The maximum absolute atomic E-state index is 12.7. The topological polar surface area (TPSA) is 73.6 Å². The molecule has 2 fully saturated rings. The summed E-state index contributed by atoms with van der Waals surface area (Å²) >= 11 is 0. The highest BCUT2D eigenvalue weighted by Gasteiger charge is 2.50. The fourth-order valence-electron chi connectivity index (χ4n) is 4.43. The van der Waals surface area contributed by atoms with Crippen LogP contribution in [-0.2, 0) is 16.9 Å². The van der Waals surface area contributed by atoms with Gasteiger partial charge in [-0.2, -0.15) is 5.26 Å². The van der Waals surface area contributed by atoms with Crippen molar-refractivity contribution < 1.29 is 14.6 Å². The van der Waals surface area contributed by atoms with Crippen molar-refractivity contribution in [1.82, 2.24) is 4.90 Å². The Balaban J connectivity index is 1.47. The zero-order valence-corrected chi connectivity index (χ0v) is 15.0. The van der Waals surface area contributed by atoms with E-state index in [1.165, 1.54) is 0 Å². The quantitative estimate of drug-likeness (QED) is 0.903. The van der Waals surface area contributed by atoms with Crippen LogP contribution in [0.3, 0.4) is 0 Å². The Bertz CT molecular complexity index is 861. The summed E-state index contributed by atoms with van der Waals surface area (Å²) in [5.74, 6) is 0. The third-order valence-electron chi connectivity index (χ3n) is 5.71. The first kappa shape index (κ1) is 17.6. The molecule has 0 radical (unpaired) electrons. The molecule has 0 aromatic heterocycles. The minimum atomic E-state index is -1.01. The SMILES string of the molecule is N#Cc1cccc(C2(O)CC3CCC(C2)N3C(=O)OCc2ccccc2)c1. The van der Waals surface area contributed by atoms with Gasteiger partial charge in [-0.15, -0.1) is 0 Å². The summed E-state index contributed by atoms with van der Waals surface area (Å²) in [6, 6.07) is 18.8. The van der Waals surface area contributed by atoms with Crippen LogP contribution >= 0.6 is 0 Å². The Hall–Kier alpha value is -2.84. The van der Waals surface area contributed by atoms with Crippen molar-refractivity contribution in [3.8, 4) is 6.07 Å². The van der Waals surface area contributed by atoms with Crippen LogP contribution in [0.2, 0.25) is 0 Å². The van der Waals surface area contributed by atoms with Gasteiger partial charge in [-0.1, -0.05) is 42.5 Å². The predicted molar refractivity (Wildman–Crippen MR) is 99.6 cm³/mol. The van der Waals surface area contributed by atoms with E-state index < -0.39 is 5.60 Å². The third kappa shape index (κ3) is 3.41. The second kappa shape index (κ2) is 7.05. The van der Waals surface area contributed by atoms with Crippen molar-refractivity contribution in [3.63, 3.8) is 0 Å².